The Morgan fingerprint density at radius 2 is 1.73 bits per heavy atom. The van der Waals surface area contributed by atoms with Gasteiger partial charge in [0.15, 0.2) is 0 Å². The molecule has 0 fully saturated rings. The Balaban J connectivity index is 3.87. The van der Waals surface area contributed by atoms with Crippen LogP contribution in [0.2, 0.25) is 0 Å². The second-order valence-electron chi connectivity index (χ2n) is 4.84. The smallest absolute Gasteiger partial charge is 0.0670 e. The van der Waals surface area contributed by atoms with Gasteiger partial charge in [-0.05, 0) is 40.0 Å². The minimum atomic E-state index is -0.239. The number of aliphatic hydroxyl groups excluding tert-OH is 1. The van der Waals surface area contributed by atoms with Crippen LogP contribution in [0, 0.1) is 0 Å². The van der Waals surface area contributed by atoms with Crippen LogP contribution in [0.1, 0.15) is 47.0 Å². The molecule has 0 amide bonds. The lowest BCUT2D eigenvalue weighted by molar-refractivity contribution is -0.0725. The molecule has 0 aromatic rings. The molecule has 3 heteroatoms. The molecule has 1 atom stereocenters. The maximum atomic E-state index is 8.85. The zero-order valence-corrected chi connectivity index (χ0v) is 10.8. The van der Waals surface area contributed by atoms with Crippen LogP contribution in [0.4, 0.5) is 0 Å². The van der Waals surface area contributed by atoms with Gasteiger partial charge in [-0.25, -0.2) is 0 Å². The second-order valence-corrected chi connectivity index (χ2v) is 4.84. The third-order valence-electron chi connectivity index (χ3n) is 3.08. The van der Waals surface area contributed by atoms with Crippen molar-refractivity contribution in [1.29, 1.82) is 0 Å². The van der Waals surface area contributed by atoms with Crippen LogP contribution in [-0.4, -0.2) is 36.6 Å². The van der Waals surface area contributed by atoms with Gasteiger partial charge in [-0.3, -0.25) is 0 Å². The molecule has 15 heavy (non-hydrogen) atoms. The molecule has 1 N–H and O–H groups in total. The maximum absolute atomic E-state index is 8.85. The van der Waals surface area contributed by atoms with Crippen LogP contribution in [0.3, 0.4) is 0 Å². The van der Waals surface area contributed by atoms with Crippen molar-refractivity contribution < 1.29 is 14.6 Å². The highest BCUT2D eigenvalue weighted by atomic mass is 16.5. The molecular formula is C12H26O3. The summed E-state index contributed by atoms with van der Waals surface area (Å²) in [6.07, 6.45) is 2.53. The van der Waals surface area contributed by atoms with E-state index in [1.54, 1.807) is 7.11 Å². The van der Waals surface area contributed by atoms with E-state index in [1.165, 1.54) is 0 Å². The van der Waals surface area contributed by atoms with E-state index in [1.807, 2.05) is 13.8 Å². The molecule has 0 spiro atoms. The van der Waals surface area contributed by atoms with Gasteiger partial charge in [-0.15, -0.1) is 0 Å². The third kappa shape index (κ3) is 6.13. The van der Waals surface area contributed by atoms with Crippen molar-refractivity contribution in [2.75, 3.05) is 20.3 Å². The molecule has 0 aromatic carbocycles. The first-order valence-electron chi connectivity index (χ1n) is 5.69. The van der Waals surface area contributed by atoms with Crippen LogP contribution < -0.4 is 0 Å². The number of aliphatic hydroxyl groups is 1. The van der Waals surface area contributed by atoms with E-state index >= 15 is 0 Å². The summed E-state index contributed by atoms with van der Waals surface area (Å²) in [5.41, 5.74) is -0.327. The summed E-state index contributed by atoms with van der Waals surface area (Å²) < 4.78 is 11.2. The maximum Gasteiger partial charge on any atom is 0.0670 e. The molecule has 92 valence electrons. The van der Waals surface area contributed by atoms with Gasteiger partial charge in [-0.2, -0.15) is 0 Å². The Morgan fingerprint density at radius 1 is 1.13 bits per heavy atom. The molecule has 0 heterocycles. The molecule has 0 bridgehead atoms. The summed E-state index contributed by atoms with van der Waals surface area (Å²) in [7, 11) is 1.74. The monoisotopic (exact) mass is 218 g/mol. The average Bonchev–Trinajstić information content (AvgIpc) is 2.17. The molecule has 0 aromatic heterocycles. The van der Waals surface area contributed by atoms with Gasteiger partial charge in [0.2, 0.25) is 0 Å². The van der Waals surface area contributed by atoms with Gasteiger partial charge in [0.1, 0.15) is 0 Å². The molecule has 3 nitrogen and oxygen atoms in total. The van der Waals surface area contributed by atoms with Crippen molar-refractivity contribution in [2.45, 2.75) is 58.2 Å². The van der Waals surface area contributed by atoms with Crippen LogP contribution in [0.5, 0.6) is 0 Å². The zero-order chi connectivity index (χ0) is 11.9. The van der Waals surface area contributed by atoms with Crippen molar-refractivity contribution in [3.63, 3.8) is 0 Å². The number of rotatable bonds is 8. The van der Waals surface area contributed by atoms with E-state index in [0.717, 1.165) is 12.8 Å². The molecule has 0 aliphatic heterocycles. The fourth-order valence-corrected chi connectivity index (χ4v) is 1.31. The Hall–Kier alpha value is -0.120. The van der Waals surface area contributed by atoms with Gasteiger partial charge in [0.25, 0.3) is 0 Å². The van der Waals surface area contributed by atoms with E-state index in [2.05, 4.69) is 13.8 Å². The van der Waals surface area contributed by atoms with Gasteiger partial charge in [0.05, 0.1) is 17.8 Å². The predicted molar refractivity (Wildman–Crippen MR) is 62.1 cm³/mol. The van der Waals surface area contributed by atoms with Crippen molar-refractivity contribution in [3.05, 3.63) is 0 Å². The largest absolute Gasteiger partial charge is 0.396 e. The van der Waals surface area contributed by atoms with Gasteiger partial charge in [-0.1, -0.05) is 6.92 Å². The molecular weight excluding hydrogens is 192 g/mol. The number of hydrogen-bond acceptors (Lipinski definition) is 3. The van der Waals surface area contributed by atoms with Crippen LogP contribution in [0.25, 0.3) is 0 Å². The van der Waals surface area contributed by atoms with E-state index in [-0.39, 0.29) is 17.8 Å². The third-order valence-corrected chi connectivity index (χ3v) is 3.08. The number of methoxy groups -OCH3 is 1. The standard InChI is InChI=1S/C12H26O3/c1-6-12(4,14-5)8-10-15-11(2,3)7-9-13/h13H,6-10H2,1-5H3. The summed E-state index contributed by atoms with van der Waals surface area (Å²) in [5, 5.41) is 8.85. The summed E-state index contributed by atoms with van der Waals surface area (Å²) in [4.78, 5) is 0. The number of ether oxygens (including phenoxy) is 2. The van der Waals surface area contributed by atoms with Gasteiger partial charge < -0.3 is 14.6 Å². The molecule has 0 aliphatic rings. The van der Waals surface area contributed by atoms with Crippen molar-refractivity contribution in [1.82, 2.24) is 0 Å². The molecule has 0 aliphatic carbocycles. The van der Waals surface area contributed by atoms with Gasteiger partial charge >= 0.3 is 0 Å². The molecule has 0 saturated heterocycles. The summed E-state index contributed by atoms with van der Waals surface area (Å²) in [5.74, 6) is 0. The minimum absolute atomic E-state index is 0.0880. The summed E-state index contributed by atoms with van der Waals surface area (Å²) >= 11 is 0. The lowest BCUT2D eigenvalue weighted by atomic mass is 9.99. The second kappa shape index (κ2) is 6.46. The topological polar surface area (TPSA) is 38.7 Å². The predicted octanol–water partition coefficient (Wildman–Crippen LogP) is 2.37. The van der Waals surface area contributed by atoms with E-state index in [9.17, 15) is 0 Å². The first kappa shape index (κ1) is 14.9. The highest BCUT2D eigenvalue weighted by molar-refractivity contribution is 4.74. The lowest BCUT2D eigenvalue weighted by Crippen LogP contribution is -2.32. The summed E-state index contributed by atoms with van der Waals surface area (Å²) in [6.45, 7) is 9.05. The van der Waals surface area contributed by atoms with Crippen LogP contribution >= 0.6 is 0 Å². The SMILES string of the molecule is CCC(C)(CCOC(C)(C)CCO)OC. The average molecular weight is 218 g/mol. The highest BCUT2D eigenvalue weighted by Gasteiger charge is 2.23. The Labute approximate surface area is 93.8 Å². The Kier molecular flexibility index (Phi) is 6.41. The first-order chi connectivity index (χ1) is 6.89. The van der Waals surface area contributed by atoms with Crippen molar-refractivity contribution in [3.8, 4) is 0 Å². The summed E-state index contributed by atoms with van der Waals surface area (Å²) in [6, 6.07) is 0. The molecule has 0 rings (SSSR count). The van der Waals surface area contributed by atoms with E-state index in [4.69, 9.17) is 14.6 Å². The first-order valence-corrected chi connectivity index (χ1v) is 5.69. The normalized spacial score (nSPS) is 16.4. The lowest BCUT2D eigenvalue weighted by Gasteiger charge is -2.30. The van der Waals surface area contributed by atoms with Crippen molar-refractivity contribution in [2.24, 2.45) is 0 Å². The van der Waals surface area contributed by atoms with Crippen LogP contribution in [0.15, 0.2) is 0 Å². The van der Waals surface area contributed by atoms with Crippen molar-refractivity contribution >= 4 is 0 Å². The molecule has 1 unspecified atom stereocenters. The number of hydrogen-bond donors (Lipinski definition) is 1. The van der Waals surface area contributed by atoms with Crippen LogP contribution in [-0.2, 0) is 9.47 Å². The Morgan fingerprint density at radius 3 is 2.13 bits per heavy atom. The zero-order valence-electron chi connectivity index (χ0n) is 10.8. The highest BCUT2D eigenvalue weighted by Crippen LogP contribution is 2.21. The fraction of sp³-hybridized carbons (Fsp3) is 1.00. The molecule has 0 saturated carbocycles. The fourth-order valence-electron chi connectivity index (χ4n) is 1.31. The van der Waals surface area contributed by atoms with Gasteiger partial charge in [0, 0.05) is 13.7 Å². The van der Waals surface area contributed by atoms with E-state index in [0.29, 0.717) is 13.0 Å². The quantitative estimate of drug-likeness (QED) is 0.680. The minimum Gasteiger partial charge on any atom is -0.396 e. The molecule has 0 radical (unpaired) electrons. The van der Waals surface area contributed by atoms with E-state index < -0.39 is 0 Å². The Bertz CT molecular complexity index is 162.